The number of amides is 1. The molecule has 0 aromatic carbocycles. The van der Waals surface area contributed by atoms with Crippen molar-refractivity contribution in [2.45, 2.75) is 6.54 Å². The molecule has 0 unspecified atom stereocenters. The molecule has 0 radical (unpaired) electrons. The van der Waals surface area contributed by atoms with Gasteiger partial charge in [0.25, 0.3) is 0 Å². The molecular weight excluding hydrogens is 292 g/mol. The zero-order chi connectivity index (χ0) is 11.8. The van der Waals surface area contributed by atoms with Gasteiger partial charge in [0.1, 0.15) is 0 Å². The third kappa shape index (κ3) is 5.07. The van der Waals surface area contributed by atoms with Crippen LogP contribution in [0.2, 0.25) is 0 Å². The van der Waals surface area contributed by atoms with Gasteiger partial charge in [-0.05, 0) is 27.4 Å². The van der Waals surface area contributed by atoms with Gasteiger partial charge in [0.05, 0.1) is 13.2 Å². The third-order valence-electron chi connectivity index (χ3n) is 1.89. The molecule has 1 aromatic heterocycles. The molecule has 1 aromatic rings. The lowest BCUT2D eigenvalue weighted by molar-refractivity contribution is -0.120. The number of thiophene rings is 1. The molecule has 0 bridgehead atoms. The molecule has 4 nitrogen and oxygen atoms in total. The Balaban J connectivity index is 2.11. The predicted molar refractivity (Wildman–Crippen MR) is 68.6 cm³/mol. The van der Waals surface area contributed by atoms with Crippen LogP contribution in [0.5, 0.6) is 0 Å². The van der Waals surface area contributed by atoms with E-state index in [1.54, 1.807) is 18.4 Å². The molecule has 0 aliphatic carbocycles. The summed E-state index contributed by atoms with van der Waals surface area (Å²) in [6, 6.07) is 2.00. The first kappa shape index (κ1) is 13.6. The van der Waals surface area contributed by atoms with Crippen LogP contribution in [-0.4, -0.2) is 32.7 Å². The Labute approximate surface area is 108 Å². The number of hydrogen-bond donors (Lipinski definition) is 2. The van der Waals surface area contributed by atoms with E-state index in [0.717, 1.165) is 4.47 Å². The van der Waals surface area contributed by atoms with E-state index in [0.29, 0.717) is 26.2 Å². The standard InChI is InChI=1S/C10H15BrN2O2S/c1-15-4-3-13-10(14)7-12-6-9-8(11)2-5-16-9/h2,5,12H,3-4,6-7H2,1H3,(H,13,14). The Bertz CT molecular complexity index is 330. The molecule has 1 amide bonds. The SMILES string of the molecule is COCCNC(=O)CNCc1sccc1Br. The van der Waals surface area contributed by atoms with E-state index in [-0.39, 0.29) is 5.91 Å². The molecule has 1 heterocycles. The van der Waals surface area contributed by atoms with Crippen LogP contribution in [-0.2, 0) is 16.1 Å². The molecule has 16 heavy (non-hydrogen) atoms. The summed E-state index contributed by atoms with van der Waals surface area (Å²) in [5.41, 5.74) is 0. The summed E-state index contributed by atoms with van der Waals surface area (Å²) in [6.07, 6.45) is 0. The molecule has 0 spiro atoms. The number of rotatable bonds is 7. The summed E-state index contributed by atoms with van der Waals surface area (Å²) < 4.78 is 5.92. The number of nitrogens with one attached hydrogen (secondary N) is 2. The topological polar surface area (TPSA) is 50.4 Å². The average Bonchev–Trinajstić information content (AvgIpc) is 2.65. The van der Waals surface area contributed by atoms with Gasteiger partial charge in [-0.1, -0.05) is 0 Å². The van der Waals surface area contributed by atoms with E-state index < -0.39 is 0 Å². The van der Waals surface area contributed by atoms with Crippen molar-refractivity contribution in [3.05, 3.63) is 20.8 Å². The molecule has 0 atom stereocenters. The molecule has 0 saturated carbocycles. The zero-order valence-electron chi connectivity index (χ0n) is 9.09. The smallest absolute Gasteiger partial charge is 0.234 e. The van der Waals surface area contributed by atoms with Gasteiger partial charge in [0.2, 0.25) is 5.91 Å². The summed E-state index contributed by atoms with van der Waals surface area (Å²) in [5, 5.41) is 7.84. The highest BCUT2D eigenvalue weighted by Gasteiger charge is 2.03. The van der Waals surface area contributed by atoms with E-state index in [2.05, 4.69) is 26.6 Å². The molecule has 90 valence electrons. The fourth-order valence-electron chi connectivity index (χ4n) is 1.10. The summed E-state index contributed by atoms with van der Waals surface area (Å²) in [6.45, 7) is 2.13. The third-order valence-corrected chi connectivity index (χ3v) is 3.82. The van der Waals surface area contributed by atoms with Gasteiger partial charge in [-0.3, -0.25) is 4.79 Å². The number of halogens is 1. The lowest BCUT2D eigenvalue weighted by atomic mass is 10.4. The Morgan fingerprint density at radius 3 is 3.06 bits per heavy atom. The van der Waals surface area contributed by atoms with Gasteiger partial charge in [0, 0.05) is 29.5 Å². The zero-order valence-corrected chi connectivity index (χ0v) is 11.5. The van der Waals surface area contributed by atoms with Crippen molar-refractivity contribution in [2.24, 2.45) is 0 Å². The lowest BCUT2D eigenvalue weighted by Crippen LogP contribution is -2.35. The van der Waals surface area contributed by atoms with Crippen molar-refractivity contribution in [3.8, 4) is 0 Å². The van der Waals surface area contributed by atoms with E-state index in [1.807, 2.05) is 11.4 Å². The maximum Gasteiger partial charge on any atom is 0.234 e. The minimum absolute atomic E-state index is 0.00951. The highest BCUT2D eigenvalue weighted by atomic mass is 79.9. The van der Waals surface area contributed by atoms with E-state index >= 15 is 0 Å². The fraction of sp³-hybridized carbons (Fsp3) is 0.500. The summed E-state index contributed by atoms with van der Waals surface area (Å²) >= 11 is 5.10. The van der Waals surface area contributed by atoms with Crippen LogP contribution in [0, 0.1) is 0 Å². The molecule has 0 aliphatic heterocycles. The summed E-state index contributed by atoms with van der Waals surface area (Å²) in [5.74, 6) is -0.00951. The van der Waals surface area contributed by atoms with Crippen molar-refractivity contribution in [1.29, 1.82) is 0 Å². The molecule has 0 fully saturated rings. The van der Waals surface area contributed by atoms with Crippen LogP contribution in [0.1, 0.15) is 4.88 Å². The molecular formula is C10H15BrN2O2S. The number of carbonyl (C=O) groups is 1. The van der Waals surface area contributed by atoms with Crippen LogP contribution >= 0.6 is 27.3 Å². The van der Waals surface area contributed by atoms with Crippen LogP contribution in [0.15, 0.2) is 15.9 Å². The van der Waals surface area contributed by atoms with Gasteiger partial charge >= 0.3 is 0 Å². The second-order valence-corrected chi connectivity index (χ2v) is 4.99. The Kier molecular flexibility index (Phi) is 6.63. The maximum atomic E-state index is 11.3. The first-order valence-electron chi connectivity index (χ1n) is 4.92. The van der Waals surface area contributed by atoms with Crippen molar-refractivity contribution in [1.82, 2.24) is 10.6 Å². The van der Waals surface area contributed by atoms with Gasteiger partial charge in [-0.2, -0.15) is 0 Å². The van der Waals surface area contributed by atoms with E-state index in [9.17, 15) is 4.79 Å². The second kappa shape index (κ2) is 7.78. The van der Waals surface area contributed by atoms with Crippen molar-refractivity contribution < 1.29 is 9.53 Å². The minimum atomic E-state index is -0.00951. The van der Waals surface area contributed by atoms with E-state index in [4.69, 9.17) is 4.74 Å². The van der Waals surface area contributed by atoms with Crippen molar-refractivity contribution in [2.75, 3.05) is 26.8 Å². The van der Waals surface area contributed by atoms with Crippen LogP contribution < -0.4 is 10.6 Å². The fourth-order valence-corrected chi connectivity index (χ4v) is 2.56. The summed E-state index contributed by atoms with van der Waals surface area (Å²) in [4.78, 5) is 12.5. The normalized spacial score (nSPS) is 10.4. The highest BCUT2D eigenvalue weighted by Crippen LogP contribution is 2.21. The first-order chi connectivity index (χ1) is 7.74. The van der Waals surface area contributed by atoms with Gasteiger partial charge in [-0.15, -0.1) is 11.3 Å². The van der Waals surface area contributed by atoms with Crippen LogP contribution in [0.4, 0.5) is 0 Å². The average molecular weight is 307 g/mol. The first-order valence-corrected chi connectivity index (χ1v) is 6.59. The van der Waals surface area contributed by atoms with Crippen molar-refractivity contribution >= 4 is 33.2 Å². The Hall–Kier alpha value is -0.430. The van der Waals surface area contributed by atoms with Gasteiger partial charge in [-0.25, -0.2) is 0 Å². The summed E-state index contributed by atoms with van der Waals surface area (Å²) in [7, 11) is 1.61. The predicted octanol–water partition coefficient (Wildman–Crippen LogP) is 1.36. The lowest BCUT2D eigenvalue weighted by Gasteiger charge is -2.05. The number of ether oxygens (including phenoxy) is 1. The molecule has 6 heteroatoms. The maximum absolute atomic E-state index is 11.3. The monoisotopic (exact) mass is 306 g/mol. The van der Waals surface area contributed by atoms with Crippen molar-refractivity contribution in [3.63, 3.8) is 0 Å². The van der Waals surface area contributed by atoms with E-state index in [1.165, 1.54) is 4.88 Å². The minimum Gasteiger partial charge on any atom is -0.383 e. The number of hydrogen-bond acceptors (Lipinski definition) is 4. The second-order valence-electron chi connectivity index (χ2n) is 3.14. The largest absolute Gasteiger partial charge is 0.383 e. The van der Waals surface area contributed by atoms with Crippen LogP contribution in [0.3, 0.4) is 0 Å². The Morgan fingerprint density at radius 1 is 1.62 bits per heavy atom. The number of methoxy groups -OCH3 is 1. The molecule has 1 rings (SSSR count). The molecule has 2 N–H and O–H groups in total. The molecule has 0 saturated heterocycles. The number of carbonyl (C=O) groups excluding carboxylic acids is 1. The quantitative estimate of drug-likeness (QED) is 0.748. The van der Waals surface area contributed by atoms with Crippen LogP contribution in [0.25, 0.3) is 0 Å². The molecule has 0 aliphatic rings. The van der Waals surface area contributed by atoms with Gasteiger partial charge in [0.15, 0.2) is 0 Å². The van der Waals surface area contributed by atoms with Gasteiger partial charge < -0.3 is 15.4 Å². The highest BCUT2D eigenvalue weighted by molar-refractivity contribution is 9.10. The Morgan fingerprint density at radius 2 is 2.44 bits per heavy atom.